The Morgan fingerprint density at radius 3 is 1.68 bits per heavy atom. The summed E-state index contributed by atoms with van der Waals surface area (Å²) in [5, 5.41) is 2.35. The molecule has 0 fully saturated rings. The topological polar surface area (TPSA) is 9.86 Å². The average Bonchev–Trinajstić information content (AvgIpc) is 3.64. The minimum absolute atomic E-state index is 0.240. The van der Waals surface area contributed by atoms with Crippen LogP contribution in [0.1, 0.15) is 13.3 Å². The zero-order chi connectivity index (χ0) is 29.6. The van der Waals surface area contributed by atoms with Gasteiger partial charge < -0.3 is 9.13 Å². The lowest BCUT2D eigenvalue weighted by molar-refractivity contribution is 0.627. The maximum atomic E-state index is 14.0. The van der Waals surface area contributed by atoms with Crippen LogP contribution in [0.25, 0.3) is 66.8 Å². The van der Waals surface area contributed by atoms with Crippen LogP contribution < -0.4 is 0 Å². The molecule has 1 unspecified atom stereocenters. The molecular weight excluding hydrogens is 539 g/mol. The molecule has 0 saturated carbocycles. The Hall–Kier alpha value is -5.41. The lowest BCUT2D eigenvalue weighted by Crippen LogP contribution is -2.03. The van der Waals surface area contributed by atoms with Gasteiger partial charge in [0.1, 0.15) is 5.82 Å². The largest absolute Gasteiger partial charge is 0.310 e. The monoisotopic (exact) mass is 570 g/mol. The first-order valence-electron chi connectivity index (χ1n) is 15.2. The highest BCUT2D eigenvalue weighted by Gasteiger charge is 2.18. The number of nitrogens with zero attached hydrogens (tertiary/aromatic N) is 2. The van der Waals surface area contributed by atoms with Crippen molar-refractivity contribution in [3.8, 4) is 39.3 Å². The Balaban J connectivity index is 1.33. The van der Waals surface area contributed by atoms with Crippen molar-refractivity contribution in [1.29, 1.82) is 0 Å². The maximum absolute atomic E-state index is 14.0. The van der Waals surface area contributed by atoms with E-state index in [1.54, 1.807) is 0 Å². The number of rotatable bonds is 5. The van der Waals surface area contributed by atoms with Crippen LogP contribution in [0.3, 0.4) is 0 Å². The molecule has 0 N–H and O–H groups in total. The van der Waals surface area contributed by atoms with E-state index in [-0.39, 0.29) is 5.82 Å². The van der Waals surface area contributed by atoms with E-state index < -0.39 is 0 Å². The zero-order valence-electron chi connectivity index (χ0n) is 24.5. The van der Waals surface area contributed by atoms with E-state index in [9.17, 15) is 4.39 Å². The summed E-state index contributed by atoms with van der Waals surface area (Å²) in [6.07, 6.45) is 7.98. The van der Waals surface area contributed by atoms with E-state index in [4.69, 9.17) is 0 Å². The van der Waals surface area contributed by atoms with Gasteiger partial charge in [-0.05, 0) is 89.2 Å². The predicted octanol–water partition coefficient (Wildman–Crippen LogP) is 11.2. The Kier molecular flexibility index (Phi) is 6.38. The molecular formula is C41H31FN2. The summed E-state index contributed by atoms with van der Waals surface area (Å²) in [5.74, 6) is 0.246. The summed E-state index contributed by atoms with van der Waals surface area (Å²) in [7, 11) is 0. The fourth-order valence-electron chi connectivity index (χ4n) is 6.52. The highest BCUT2D eigenvalue weighted by atomic mass is 19.1. The van der Waals surface area contributed by atoms with Crippen LogP contribution in [-0.2, 0) is 0 Å². The van der Waals surface area contributed by atoms with Gasteiger partial charge in [0.25, 0.3) is 0 Å². The van der Waals surface area contributed by atoms with E-state index in [1.165, 1.54) is 40.0 Å². The van der Waals surface area contributed by atoms with Gasteiger partial charge >= 0.3 is 0 Å². The van der Waals surface area contributed by atoms with Gasteiger partial charge in [0.2, 0.25) is 0 Å². The molecule has 0 amide bonds. The second kappa shape index (κ2) is 10.7. The third-order valence-corrected chi connectivity index (χ3v) is 8.68. The predicted molar refractivity (Wildman–Crippen MR) is 182 cm³/mol. The molecule has 1 aliphatic rings. The summed E-state index contributed by atoms with van der Waals surface area (Å²) in [5.41, 5.74) is 11.3. The minimum Gasteiger partial charge on any atom is -0.310 e. The zero-order valence-corrected chi connectivity index (χ0v) is 24.5. The third-order valence-electron chi connectivity index (χ3n) is 8.68. The van der Waals surface area contributed by atoms with Crippen LogP contribution >= 0.6 is 0 Å². The van der Waals surface area contributed by atoms with Crippen molar-refractivity contribution in [1.82, 2.24) is 9.13 Å². The molecule has 0 aliphatic heterocycles. The molecule has 2 nitrogen and oxygen atoms in total. The first-order valence-corrected chi connectivity index (χ1v) is 15.2. The summed E-state index contributed by atoms with van der Waals surface area (Å²) in [6.45, 7) is 2.28. The molecule has 0 bridgehead atoms. The quantitative estimate of drug-likeness (QED) is 0.195. The van der Waals surface area contributed by atoms with E-state index in [1.807, 2.05) is 18.2 Å². The molecule has 44 heavy (non-hydrogen) atoms. The van der Waals surface area contributed by atoms with E-state index in [0.717, 1.165) is 45.4 Å². The standard InChI is InChI=1S/C41H31FN2/c1-28-9-8-14-37(23-28)44-39(30-12-6-3-7-13-30)27-34-18-16-32(25-41(34)44)31-15-17-33-26-38(29-10-4-2-5-11-29)43(40(33)24-31)36-21-19-35(42)20-22-36/h2-8,10-28H,9H2,1H3. The molecule has 1 atom stereocenters. The fraction of sp³-hybridized carbons (Fsp3) is 0.0732. The van der Waals surface area contributed by atoms with Gasteiger partial charge in [0.05, 0.1) is 22.4 Å². The van der Waals surface area contributed by atoms with Crippen molar-refractivity contribution in [2.24, 2.45) is 5.92 Å². The van der Waals surface area contributed by atoms with Crippen molar-refractivity contribution >= 4 is 27.5 Å². The highest BCUT2D eigenvalue weighted by molar-refractivity contribution is 5.97. The van der Waals surface area contributed by atoms with Gasteiger partial charge in [0, 0.05) is 22.2 Å². The van der Waals surface area contributed by atoms with Crippen LogP contribution in [-0.4, -0.2) is 9.13 Å². The van der Waals surface area contributed by atoms with Crippen molar-refractivity contribution in [2.75, 3.05) is 0 Å². The van der Waals surface area contributed by atoms with Crippen molar-refractivity contribution in [3.63, 3.8) is 0 Å². The Labute approximate surface area is 256 Å². The van der Waals surface area contributed by atoms with Crippen LogP contribution in [0.2, 0.25) is 0 Å². The molecule has 8 rings (SSSR count). The van der Waals surface area contributed by atoms with E-state index in [2.05, 4.69) is 137 Å². The minimum atomic E-state index is -0.240. The molecule has 0 saturated heterocycles. The molecule has 1 aliphatic carbocycles. The van der Waals surface area contributed by atoms with Crippen molar-refractivity contribution in [3.05, 3.63) is 158 Å². The Morgan fingerprint density at radius 2 is 1.11 bits per heavy atom. The van der Waals surface area contributed by atoms with Crippen LogP contribution in [0.15, 0.2) is 152 Å². The van der Waals surface area contributed by atoms with Gasteiger partial charge in [-0.25, -0.2) is 4.39 Å². The molecule has 0 spiro atoms. The van der Waals surface area contributed by atoms with Gasteiger partial charge in [-0.2, -0.15) is 0 Å². The van der Waals surface area contributed by atoms with Crippen LogP contribution in [0.5, 0.6) is 0 Å². The molecule has 3 heteroatoms. The van der Waals surface area contributed by atoms with Gasteiger partial charge in [-0.15, -0.1) is 0 Å². The fourth-order valence-corrected chi connectivity index (χ4v) is 6.52. The summed E-state index contributed by atoms with van der Waals surface area (Å²) < 4.78 is 18.6. The van der Waals surface area contributed by atoms with Crippen LogP contribution in [0, 0.1) is 11.7 Å². The molecule has 212 valence electrons. The normalized spacial score (nSPS) is 14.8. The molecule has 0 radical (unpaired) electrons. The number of fused-ring (bicyclic) bond motifs is 2. The molecule has 2 heterocycles. The van der Waals surface area contributed by atoms with Crippen molar-refractivity contribution in [2.45, 2.75) is 13.3 Å². The second-order valence-electron chi connectivity index (χ2n) is 11.7. The SMILES string of the molecule is CC1C=C(n2c(-c3ccccc3)cc3ccc(-c4ccc5cc(-c6ccccc6)n(-c6ccc(F)cc6)c5c4)cc32)C=CC1. The second-order valence-corrected chi connectivity index (χ2v) is 11.7. The lowest BCUT2D eigenvalue weighted by Gasteiger charge is -2.18. The number of hydrogen-bond acceptors (Lipinski definition) is 0. The number of hydrogen-bond donors (Lipinski definition) is 0. The van der Waals surface area contributed by atoms with E-state index in [0.29, 0.717) is 5.92 Å². The molecule has 7 aromatic rings. The average molecular weight is 571 g/mol. The lowest BCUT2D eigenvalue weighted by atomic mass is 10.0. The number of halogens is 1. The number of allylic oxidation sites excluding steroid dienone is 4. The Morgan fingerprint density at radius 1 is 0.568 bits per heavy atom. The Bertz CT molecular complexity index is 2200. The first kappa shape index (κ1) is 26.2. The number of aromatic nitrogens is 2. The van der Waals surface area contributed by atoms with Gasteiger partial charge in [-0.3, -0.25) is 0 Å². The number of benzene rings is 5. The van der Waals surface area contributed by atoms with Gasteiger partial charge in [0.15, 0.2) is 0 Å². The maximum Gasteiger partial charge on any atom is 0.123 e. The summed E-state index contributed by atoms with van der Waals surface area (Å²) in [6, 6.07) is 45.8. The van der Waals surface area contributed by atoms with Crippen LogP contribution in [0.4, 0.5) is 4.39 Å². The van der Waals surface area contributed by atoms with Crippen molar-refractivity contribution < 1.29 is 4.39 Å². The molecule has 5 aromatic carbocycles. The third kappa shape index (κ3) is 4.58. The first-order chi connectivity index (χ1) is 21.6. The highest BCUT2D eigenvalue weighted by Crippen LogP contribution is 2.38. The summed E-state index contributed by atoms with van der Waals surface area (Å²) >= 11 is 0. The van der Waals surface area contributed by atoms with E-state index >= 15 is 0 Å². The summed E-state index contributed by atoms with van der Waals surface area (Å²) in [4.78, 5) is 0. The molecule has 2 aromatic heterocycles. The smallest absolute Gasteiger partial charge is 0.123 e. The van der Waals surface area contributed by atoms with Gasteiger partial charge in [-0.1, -0.05) is 104 Å².